The Hall–Kier alpha value is -0.313. The first kappa shape index (κ1) is 9.77. The minimum atomic E-state index is -2.24. The van der Waals surface area contributed by atoms with Crippen molar-refractivity contribution in [2.24, 2.45) is 0 Å². The Balaban J connectivity index is 3.00. The van der Waals surface area contributed by atoms with Crippen molar-refractivity contribution < 1.29 is 4.79 Å². The molecule has 0 aliphatic carbocycles. The van der Waals surface area contributed by atoms with Gasteiger partial charge in [-0.05, 0) is 11.7 Å². The van der Waals surface area contributed by atoms with Gasteiger partial charge in [-0.3, -0.25) is 4.79 Å². The van der Waals surface area contributed by atoms with Crippen LogP contribution in [0.15, 0.2) is 24.3 Å². The van der Waals surface area contributed by atoms with Crippen LogP contribution in [0.25, 0.3) is 0 Å². The molecule has 0 heterocycles. The normalized spacial score (nSPS) is 11.2. The second-order valence-corrected chi connectivity index (χ2v) is 10.1. The Kier molecular flexibility index (Phi) is 2.93. The molecule has 64 valence electrons. The van der Waals surface area contributed by atoms with E-state index in [2.05, 4.69) is 0 Å². The van der Waals surface area contributed by atoms with Crippen LogP contribution in [0.3, 0.4) is 0 Å². The SMILES string of the molecule is C[Si](Cl)(Cl)c1ccc(C=O)cc1. The van der Waals surface area contributed by atoms with Gasteiger partial charge in [-0.15, -0.1) is 22.2 Å². The first-order chi connectivity index (χ1) is 5.54. The van der Waals surface area contributed by atoms with E-state index in [1.807, 2.05) is 6.55 Å². The van der Waals surface area contributed by atoms with E-state index in [-0.39, 0.29) is 0 Å². The highest BCUT2D eigenvalue weighted by Gasteiger charge is 2.23. The maximum Gasteiger partial charge on any atom is 0.277 e. The van der Waals surface area contributed by atoms with Gasteiger partial charge < -0.3 is 0 Å². The summed E-state index contributed by atoms with van der Waals surface area (Å²) in [5, 5.41) is 0.927. The zero-order valence-corrected chi connectivity index (χ0v) is 9.06. The van der Waals surface area contributed by atoms with Crippen molar-refractivity contribution in [1.82, 2.24) is 0 Å². The lowest BCUT2D eigenvalue weighted by molar-refractivity contribution is 0.112. The van der Waals surface area contributed by atoms with Crippen LogP contribution in [-0.4, -0.2) is 13.0 Å². The molecule has 12 heavy (non-hydrogen) atoms. The molecule has 1 nitrogen and oxygen atoms in total. The number of hydrogen-bond donors (Lipinski definition) is 0. The summed E-state index contributed by atoms with van der Waals surface area (Å²) in [7, 11) is 0. The second kappa shape index (κ2) is 3.60. The number of carbonyl (C=O) groups excluding carboxylic acids is 1. The predicted octanol–water partition coefficient (Wildman–Crippen LogP) is 2.26. The van der Waals surface area contributed by atoms with Crippen LogP contribution in [0.5, 0.6) is 0 Å². The molecule has 0 saturated carbocycles. The van der Waals surface area contributed by atoms with Crippen molar-refractivity contribution >= 4 is 40.3 Å². The van der Waals surface area contributed by atoms with Crippen LogP contribution >= 0.6 is 22.2 Å². The molecule has 0 fully saturated rings. The number of hydrogen-bond acceptors (Lipinski definition) is 1. The highest BCUT2D eigenvalue weighted by molar-refractivity contribution is 7.50. The molecule has 0 aromatic heterocycles. The zero-order chi connectivity index (χ0) is 9.19. The average molecular weight is 219 g/mol. The molecule has 0 saturated heterocycles. The smallest absolute Gasteiger partial charge is 0.277 e. The van der Waals surface area contributed by atoms with Crippen LogP contribution < -0.4 is 5.19 Å². The Morgan fingerprint density at radius 3 is 2.08 bits per heavy atom. The van der Waals surface area contributed by atoms with E-state index in [4.69, 9.17) is 22.2 Å². The number of aldehydes is 1. The number of carbonyl (C=O) groups is 1. The van der Waals surface area contributed by atoms with Crippen molar-refractivity contribution in [2.75, 3.05) is 0 Å². The molecule has 0 aliphatic rings. The van der Waals surface area contributed by atoms with Crippen LogP contribution in [0.1, 0.15) is 10.4 Å². The van der Waals surface area contributed by atoms with E-state index in [1.165, 1.54) is 0 Å². The van der Waals surface area contributed by atoms with Gasteiger partial charge in [0, 0.05) is 5.56 Å². The first-order valence-electron chi connectivity index (χ1n) is 3.47. The molecule has 0 N–H and O–H groups in total. The van der Waals surface area contributed by atoms with Crippen molar-refractivity contribution in [3.05, 3.63) is 29.8 Å². The Bertz CT molecular complexity index is 276. The molecule has 0 amide bonds. The first-order valence-corrected chi connectivity index (χ1v) is 8.00. The third-order valence-corrected chi connectivity index (χ3v) is 4.21. The summed E-state index contributed by atoms with van der Waals surface area (Å²) in [6, 6.07) is 7.04. The maximum atomic E-state index is 10.3. The van der Waals surface area contributed by atoms with E-state index in [0.29, 0.717) is 5.56 Å². The second-order valence-electron chi connectivity index (χ2n) is 2.63. The summed E-state index contributed by atoms with van der Waals surface area (Å²) in [5.74, 6) is 0. The lowest BCUT2D eigenvalue weighted by Gasteiger charge is -2.09. The third kappa shape index (κ3) is 2.34. The van der Waals surface area contributed by atoms with Gasteiger partial charge in [0.25, 0.3) is 6.69 Å². The zero-order valence-electron chi connectivity index (χ0n) is 6.55. The molecular weight excluding hydrogens is 211 g/mol. The molecule has 0 spiro atoms. The minimum absolute atomic E-state index is 0.644. The van der Waals surface area contributed by atoms with E-state index < -0.39 is 6.69 Å². The van der Waals surface area contributed by atoms with Crippen molar-refractivity contribution in [3.63, 3.8) is 0 Å². The van der Waals surface area contributed by atoms with Gasteiger partial charge in [-0.1, -0.05) is 24.3 Å². The molecule has 4 heteroatoms. The highest BCUT2D eigenvalue weighted by atomic mass is 35.7. The Morgan fingerprint density at radius 2 is 1.75 bits per heavy atom. The Labute approximate surface area is 81.7 Å². The molecular formula is C8H8Cl2OSi. The average Bonchev–Trinajstić information content (AvgIpc) is 2.03. The molecule has 0 bridgehead atoms. The van der Waals surface area contributed by atoms with Gasteiger partial charge in [0.1, 0.15) is 6.29 Å². The largest absolute Gasteiger partial charge is 0.298 e. The summed E-state index contributed by atoms with van der Waals surface area (Å²) in [6.45, 7) is -0.415. The summed E-state index contributed by atoms with van der Waals surface area (Å²) < 4.78 is 0. The van der Waals surface area contributed by atoms with E-state index in [9.17, 15) is 4.79 Å². The lowest BCUT2D eigenvalue weighted by atomic mass is 10.2. The summed E-state index contributed by atoms with van der Waals surface area (Å²) in [4.78, 5) is 10.3. The van der Waals surface area contributed by atoms with Crippen LogP contribution in [-0.2, 0) is 0 Å². The van der Waals surface area contributed by atoms with Crippen LogP contribution in [0, 0.1) is 0 Å². The molecule has 0 radical (unpaired) electrons. The molecule has 0 atom stereocenters. The number of rotatable bonds is 2. The van der Waals surface area contributed by atoms with Crippen molar-refractivity contribution in [3.8, 4) is 0 Å². The van der Waals surface area contributed by atoms with Gasteiger partial charge in [0.2, 0.25) is 0 Å². The van der Waals surface area contributed by atoms with Gasteiger partial charge in [0.15, 0.2) is 0 Å². The summed E-state index contributed by atoms with van der Waals surface area (Å²) in [6.07, 6.45) is 0.797. The number of halogens is 2. The fraction of sp³-hybridized carbons (Fsp3) is 0.125. The topological polar surface area (TPSA) is 17.1 Å². The molecule has 1 aromatic carbocycles. The van der Waals surface area contributed by atoms with Crippen molar-refractivity contribution in [1.29, 1.82) is 0 Å². The standard InChI is InChI=1S/C8H8Cl2OSi/c1-12(9,10)8-4-2-7(6-11)3-5-8/h2-6H,1H3. The number of benzene rings is 1. The van der Waals surface area contributed by atoms with Gasteiger partial charge in [-0.25, -0.2) is 0 Å². The fourth-order valence-corrected chi connectivity index (χ4v) is 2.36. The monoisotopic (exact) mass is 218 g/mol. The quantitative estimate of drug-likeness (QED) is 0.423. The van der Waals surface area contributed by atoms with Crippen LogP contribution in [0.4, 0.5) is 0 Å². The highest BCUT2D eigenvalue weighted by Crippen LogP contribution is 2.13. The van der Waals surface area contributed by atoms with E-state index >= 15 is 0 Å². The third-order valence-electron chi connectivity index (χ3n) is 1.55. The molecule has 1 rings (SSSR count). The fourth-order valence-electron chi connectivity index (χ4n) is 0.854. The molecule has 0 unspecified atom stereocenters. The van der Waals surface area contributed by atoms with Crippen LogP contribution in [0.2, 0.25) is 6.55 Å². The van der Waals surface area contributed by atoms with Crippen molar-refractivity contribution in [2.45, 2.75) is 6.55 Å². The summed E-state index contributed by atoms with van der Waals surface area (Å²) >= 11 is 11.9. The predicted molar refractivity (Wildman–Crippen MR) is 54.8 cm³/mol. The van der Waals surface area contributed by atoms with E-state index in [1.54, 1.807) is 24.3 Å². The maximum absolute atomic E-state index is 10.3. The Morgan fingerprint density at radius 1 is 1.25 bits per heavy atom. The molecule has 0 aliphatic heterocycles. The van der Waals surface area contributed by atoms with E-state index in [0.717, 1.165) is 11.5 Å². The summed E-state index contributed by atoms with van der Waals surface area (Å²) in [5.41, 5.74) is 0.644. The van der Waals surface area contributed by atoms with Gasteiger partial charge >= 0.3 is 0 Å². The van der Waals surface area contributed by atoms with Gasteiger partial charge in [0.05, 0.1) is 0 Å². The lowest BCUT2D eigenvalue weighted by Crippen LogP contribution is -2.32. The van der Waals surface area contributed by atoms with Gasteiger partial charge in [-0.2, -0.15) is 0 Å². The molecule has 1 aromatic rings. The minimum Gasteiger partial charge on any atom is -0.298 e.